The van der Waals surface area contributed by atoms with Crippen molar-refractivity contribution in [2.45, 2.75) is 32.4 Å². The number of aliphatic carboxylic acids is 1. The second kappa shape index (κ2) is 7.07. The summed E-state index contributed by atoms with van der Waals surface area (Å²) in [4.78, 5) is 24.4. The average molecular weight is 296 g/mol. The second-order valence-corrected chi connectivity index (χ2v) is 4.92. The number of rotatable bonds is 6. The molecular weight excluding hydrogens is 276 g/mol. The average Bonchev–Trinajstić information content (AvgIpc) is 3.07. The number of aromatic nitrogens is 2. The molecule has 0 radical (unpaired) electrons. The number of nitrogens with zero attached hydrogens (tertiary/aromatic N) is 3. The van der Waals surface area contributed by atoms with E-state index in [-0.39, 0.29) is 18.7 Å². The Balaban J connectivity index is 1.88. The lowest BCUT2D eigenvalue weighted by molar-refractivity contribution is -0.137. The van der Waals surface area contributed by atoms with Crippen LogP contribution in [0.4, 0.5) is 10.5 Å². The molecule has 1 saturated heterocycles. The van der Waals surface area contributed by atoms with Crippen molar-refractivity contribution in [3.8, 4) is 0 Å². The van der Waals surface area contributed by atoms with Crippen LogP contribution in [0.3, 0.4) is 0 Å². The van der Waals surface area contributed by atoms with Crippen molar-refractivity contribution in [1.82, 2.24) is 14.7 Å². The number of urea groups is 1. The van der Waals surface area contributed by atoms with E-state index in [1.165, 1.54) is 17.1 Å². The Morgan fingerprint density at radius 3 is 3.05 bits per heavy atom. The van der Waals surface area contributed by atoms with E-state index in [0.29, 0.717) is 18.8 Å². The number of carbonyl (C=O) groups is 2. The van der Waals surface area contributed by atoms with Gasteiger partial charge in [0.1, 0.15) is 6.54 Å². The molecule has 0 aromatic carbocycles. The molecular formula is C13H20N4O4. The van der Waals surface area contributed by atoms with E-state index in [2.05, 4.69) is 10.4 Å². The minimum Gasteiger partial charge on any atom is -0.480 e. The first-order valence-electron chi connectivity index (χ1n) is 7.00. The van der Waals surface area contributed by atoms with Crippen LogP contribution in [0, 0.1) is 0 Å². The molecule has 1 aliphatic rings. The van der Waals surface area contributed by atoms with Crippen molar-refractivity contribution < 1.29 is 19.4 Å². The number of anilines is 1. The third-order valence-electron chi connectivity index (χ3n) is 3.30. The number of carboxylic acid groups (broad SMARTS) is 1. The molecule has 2 amide bonds. The van der Waals surface area contributed by atoms with E-state index in [4.69, 9.17) is 9.84 Å². The number of hydrogen-bond donors (Lipinski definition) is 2. The Kier molecular flexibility index (Phi) is 5.15. The zero-order valence-corrected chi connectivity index (χ0v) is 12.0. The zero-order valence-electron chi connectivity index (χ0n) is 12.0. The van der Waals surface area contributed by atoms with Gasteiger partial charge in [-0.2, -0.15) is 5.10 Å². The van der Waals surface area contributed by atoms with Crippen LogP contribution in [-0.2, 0) is 16.1 Å². The largest absolute Gasteiger partial charge is 0.480 e. The van der Waals surface area contributed by atoms with Gasteiger partial charge in [0.05, 0.1) is 18.0 Å². The molecule has 2 heterocycles. The van der Waals surface area contributed by atoms with E-state index in [9.17, 15) is 9.59 Å². The van der Waals surface area contributed by atoms with Crippen LogP contribution in [0.15, 0.2) is 12.4 Å². The van der Waals surface area contributed by atoms with Gasteiger partial charge in [0.25, 0.3) is 0 Å². The fraction of sp³-hybridized carbons (Fsp3) is 0.615. The summed E-state index contributed by atoms with van der Waals surface area (Å²) in [6.07, 6.45) is 5.03. The Hall–Kier alpha value is -2.09. The SMILES string of the molecule is CCN(CC1CCCO1)C(=O)Nc1cnn(CC(=O)O)c1. The van der Waals surface area contributed by atoms with Crippen LogP contribution in [0.25, 0.3) is 0 Å². The number of ether oxygens (including phenoxy) is 1. The molecule has 116 valence electrons. The van der Waals surface area contributed by atoms with Crippen molar-refractivity contribution in [1.29, 1.82) is 0 Å². The van der Waals surface area contributed by atoms with Crippen LogP contribution < -0.4 is 5.32 Å². The normalized spacial score (nSPS) is 17.7. The lowest BCUT2D eigenvalue weighted by Crippen LogP contribution is -2.39. The van der Waals surface area contributed by atoms with Gasteiger partial charge in [-0.1, -0.05) is 0 Å². The highest BCUT2D eigenvalue weighted by molar-refractivity contribution is 5.89. The van der Waals surface area contributed by atoms with Crippen molar-refractivity contribution >= 4 is 17.7 Å². The van der Waals surface area contributed by atoms with Crippen molar-refractivity contribution in [3.63, 3.8) is 0 Å². The first-order chi connectivity index (χ1) is 10.1. The monoisotopic (exact) mass is 296 g/mol. The van der Waals surface area contributed by atoms with E-state index in [1.807, 2.05) is 6.92 Å². The molecule has 1 atom stereocenters. The fourth-order valence-electron chi connectivity index (χ4n) is 2.25. The molecule has 2 N–H and O–H groups in total. The van der Waals surface area contributed by atoms with Crippen molar-refractivity contribution in [2.75, 3.05) is 25.0 Å². The summed E-state index contributed by atoms with van der Waals surface area (Å²) in [5.41, 5.74) is 0.479. The molecule has 8 heteroatoms. The van der Waals surface area contributed by atoms with E-state index >= 15 is 0 Å². The number of carbonyl (C=O) groups excluding carboxylic acids is 1. The maximum absolute atomic E-state index is 12.2. The van der Waals surface area contributed by atoms with Gasteiger partial charge in [-0.3, -0.25) is 9.48 Å². The molecule has 1 aromatic heterocycles. The summed E-state index contributed by atoms with van der Waals surface area (Å²) in [5.74, 6) is -0.982. The first-order valence-corrected chi connectivity index (χ1v) is 7.00. The van der Waals surface area contributed by atoms with Gasteiger partial charge in [-0.15, -0.1) is 0 Å². The zero-order chi connectivity index (χ0) is 15.2. The summed E-state index contributed by atoms with van der Waals surface area (Å²) < 4.78 is 6.79. The minimum atomic E-state index is -0.982. The Morgan fingerprint density at radius 1 is 1.62 bits per heavy atom. The van der Waals surface area contributed by atoms with Gasteiger partial charge in [0.15, 0.2) is 0 Å². The van der Waals surface area contributed by atoms with Crippen LogP contribution in [-0.4, -0.2) is 57.6 Å². The van der Waals surface area contributed by atoms with Crippen molar-refractivity contribution in [3.05, 3.63) is 12.4 Å². The molecule has 1 fully saturated rings. The van der Waals surface area contributed by atoms with Gasteiger partial charge in [0.2, 0.25) is 0 Å². The maximum atomic E-state index is 12.2. The molecule has 1 unspecified atom stereocenters. The number of likely N-dealkylation sites (N-methyl/N-ethyl adjacent to an activating group) is 1. The number of hydrogen-bond acceptors (Lipinski definition) is 4. The topological polar surface area (TPSA) is 96.7 Å². The molecule has 21 heavy (non-hydrogen) atoms. The summed E-state index contributed by atoms with van der Waals surface area (Å²) in [6, 6.07) is -0.233. The number of amides is 2. The molecule has 1 aromatic rings. The third kappa shape index (κ3) is 4.45. The molecule has 0 saturated carbocycles. The van der Waals surface area contributed by atoms with E-state index < -0.39 is 5.97 Å². The second-order valence-electron chi connectivity index (χ2n) is 4.92. The fourth-order valence-corrected chi connectivity index (χ4v) is 2.25. The van der Waals surface area contributed by atoms with Gasteiger partial charge >= 0.3 is 12.0 Å². The Bertz CT molecular complexity index is 496. The number of carboxylic acids is 1. The van der Waals surface area contributed by atoms with Crippen LogP contribution in [0.5, 0.6) is 0 Å². The summed E-state index contributed by atoms with van der Waals surface area (Å²) in [5, 5.41) is 15.3. The maximum Gasteiger partial charge on any atom is 0.325 e. The van der Waals surface area contributed by atoms with Crippen LogP contribution >= 0.6 is 0 Å². The van der Waals surface area contributed by atoms with Gasteiger partial charge in [0, 0.05) is 25.9 Å². The smallest absolute Gasteiger partial charge is 0.325 e. The Labute approximate surface area is 122 Å². The van der Waals surface area contributed by atoms with Gasteiger partial charge in [-0.25, -0.2) is 4.79 Å². The predicted molar refractivity (Wildman–Crippen MR) is 75.1 cm³/mol. The molecule has 2 rings (SSSR count). The van der Waals surface area contributed by atoms with Crippen LogP contribution in [0.1, 0.15) is 19.8 Å². The molecule has 1 aliphatic heterocycles. The highest BCUT2D eigenvalue weighted by atomic mass is 16.5. The molecule has 0 bridgehead atoms. The quantitative estimate of drug-likeness (QED) is 0.816. The van der Waals surface area contributed by atoms with Crippen molar-refractivity contribution in [2.24, 2.45) is 0 Å². The highest BCUT2D eigenvalue weighted by Gasteiger charge is 2.21. The van der Waals surface area contributed by atoms with E-state index in [0.717, 1.165) is 19.4 Å². The first kappa shape index (κ1) is 15.3. The Morgan fingerprint density at radius 2 is 2.43 bits per heavy atom. The lowest BCUT2D eigenvalue weighted by atomic mass is 10.2. The lowest BCUT2D eigenvalue weighted by Gasteiger charge is -2.23. The molecule has 0 spiro atoms. The molecule has 8 nitrogen and oxygen atoms in total. The number of nitrogens with one attached hydrogen (secondary N) is 1. The van der Waals surface area contributed by atoms with Gasteiger partial charge in [-0.05, 0) is 19.8 Å². The summed E-state index contributed by atoms with van der Waals surface area (Å²) in [6.45, 7) is 3.57. The van der Waals surface area contributed by atoms with Gasteiger partial charge < -0.3 is 20.1 Å². The standard InChI is InChI=1S/C13H20N4O4/c1-2-16(8-11-4-3-5-21-11)13(20)15-10-6-14-17(7-10)9-12(18)19/h6-7,11H,2-5,8-9H2,1H3,(H,15,20)(H,18,19). The summed E-state index contributed by atoms with van der Waals surface area (Å²) >= 11 is 0. The van der Waals surface area contributed by atoms with E-state index in [1.54, 1.807) is 4.90 Å². The predicted octanol–water partition coefficient (Wildman–Crippen LogP) is 1.00. The molecule has 0 aliphatic carbocycles. The third-order valence-corrected chi connectivity index (χ3v) is 3.30. The summed E-state index contributed by atoms with van der Waals surface area (Å²) in [7, 11) is 0. The minimum absolute atomic E-state index is 0.102. The highest BCUT2D eigenvalue weighted by Crippen LogP contribution is 2.14. The van der Waals surface area contributed by atoms with Crippen LogP contribution in [0.2, 0.25) is 0 Å².